The van der Waals surface area contributed by atoms with Crippen molar-refractivity contribution >= 4 is 0 Å². The zero-order chi connectivity index (χ0) is 11.1. The lowest BCUT2D eigenvalue weighted by molar-refractivity contribution is 0.392. The molecule has 0 spiro atoms. The maximum atomic E-state index is 5.96. The van der Waals surface area contributed by atoms with Crippen molar-refractivity contribution in [2.75, 3.05) is 6.54 Å². The van der Waals surface area contributed by atoms with Gasteiger partial charge in [0.15, 0.2) is 0 Å². The second-order valence-corrected chi connectivity index (χ2v) is 4.03. The summed E-state index contributed by atoms with van der Waals surface area (Å²) >= 11 is 0. The second-order valence-electron chi connectivity index (χ2n) is 4.03. The van der Waals surface area contributed by atoms with Crippen LogP contribution in [0, 0.1) is 0 Å². The molecule has 0 saturated carbocycles. The largest absolute Gasteiger partial charge is 0.330 e. The molecule has 15 heavy (non-hydrogen) atoms. The Kier molecular flexibility index (Phi) is 4.57. The van der Waals surface area contributed by atoms with E-state index in [1.807, 2.05) is 12.1 Å². The highest BCUT2D eigenvalue weighted by atomic mass is 14.6. The minimum atomic E-state index is 0.134. The van der Waals surface area contributed by atoms with Gasteiger partial charge in [-0.05, 0) is 24.8 Å². The van der Waals surface area contributed by atoms with Crippen molar-refractivity contribution in [1.82, 2.24) is 0 Å². The number of rotatable bonds is 6. The molecule has 82 valence electrons. The summed E-state index contributed by atoms with van der Waals surface area (Å²) in [6.45, 7) is 6.71. The Morgan fingerprint density at radius 2 is 2.00 bits per heavy atom. The zero-order valence-electron chi connectivity index (χ0n) is 9.58. The van der Waals surface area contributed by atoms with Crippen molar-refractivity contribution in [2.24, 2.45) is 5.73 Å². The van der Waals surface area contributed by atoms with Crippen LogP contribution in [-0.4, -0.2) is 6.54 Å². The van der Waals surface area contributed by atoms with E-state index in [1.165, 1.54) is 5.56 Å². The molecule has 2 N–H and O–H groups in total. The molecule has 0 bridgehead atoms. The smallest absolute Gasteiger partial charge is 0.00758 e. The van der Waals surface area contributed by atoms with Gasteiger partial charge in [-0.1, -0.05) is 43.3 Å². The Balaban J connectivity index is 2.94. The third-order valence-electron chi connectivity index (χ3n) is 3.28. The van der Waals surface area contributed by atoms with Gasteiger partial charge in [-0.25, -0.2) is 0 Å². The minimum Gasteiger partial charge on any atom is -0.330 e. The van der Waals surface area contributed by atoms with Gasteiger partial charge in [0.1, 0.15) is 0 Å². The van der Waals surface area contributed by atoms with Crippen molar-refractivity contribution in [3.8, 4) is 0 Å². The third kappa shape index (κ3) is 2.69. The van der Waals surface area contributed by atoms with Crippen molar-refractivity contribution in [3.05, 3.63) is 48.6 Å². The van der Waals surface area contributed by atoms with E-state index < -0.39 is 0 Å². The first-order valence-electron chi connectivity index (χ1n) is 5.65. The molecule has 1 unspecified atom stereocenters. The van der Waals surface area contributed by atoms with E-state index in [1.54, 1.807) is 0 Å². The SMILES string of the molecule is C=CCCC(CC)(CN)c1ccccc1. The number of hydrogen-bond donors (Lipinski definition) is 1. The summed E-state index contributed by atoms with van der Waals surface area (Å²) in [6.07, 6.45) is 5.18. The molecule has 1 nitrogen and oxygen atoms in total. The number of hydrogen-bond acceptors (Lipinski definition) is 1. The summed E-state index contributed by atoms with van der Waals surface area (Å²) < 4.78 is 0. The molecule has 0 aliphatic rings. The average molecular weight is 203 g/mol. The fourth-order valence-corrected chi connectivity index (χ4v) is 2.06. The molecular weight excluding hydrogens is 182 g/mol. The molecule has 1 aromatic rings. The molecule has 0 aliphatic carbocycles. The predicted octanol–water partition coefficient (Wildman–Crippen LogP) is 3.26. The molecule has 1 heteroatoms. The standard InChI is InChI=1S/C14H21N/c1-3-5-11-14(4-2,12-15)13-9-7-6-8-10-13/h3,6-10H,1,4-5,11-12,15H2,2H3. The minimum absolute atomic E-state index is 0.134. The molecule has 1 atom stereocenters. The van der Waals surface area contributed by atoms with Gasteiger partial charge in [0, 0.05) is 12.0 Å². The van der Waals surface area contributed by atoms with Crippen LogP contribution in [0.1, 0.15) is 31.7 Å². The van der Waals surface area contributed by atoms with Gasteiger partial charge in [0.2, 0.25) is 0 Å². The van der Waals surface area contributed by atoms with Gasteiger partial charge in [-0.3, -0.25) is 0 Å². The van der Waals surface area contributed by atoms with Crippen molar-refractivity contribution in [1.29, 1.82) is 0 Å². The summed E-state index contributed by atoms with van der Waals surface area (Å²) in [7, 11) is 0. The predicted molar refractivity (Wildman–Crippen MR) is 66.9 cm³/mol. The highest BCUT2D eigenvalue weighted by Crippen LogP contribution is 2.31. The van der Waals surface area contributed by atoms with E-state index in [-0.39, 0.29) is 5.41 Å². The lowest BCUT2D eigenvalue weighted by Crippen LogP contribution is -2.34. The number of nitrogens with two attached hydrogens (primary N) is 1. The van der Waals surface area contributed by atoms with Gasteiger partial charge in [-0.15, -0.1) is 6.58 Å². The zero-order valence-corrected chi connectivity index (χ0v) is 9.58. The highest BCUT2D eigenvalue weighted by Gasteiger charge is 2.27. The number of benzene rings is 1. The first-order valence-corrected chi connectivity index (χ1v) is 5.65. The first kappa shape index (κ1) is 12.0. The summed E-state index contributed by atoms with van der Waals surface area (Å²) in [6, 6.07) is 10.6. The van der Waals surface area contributed by atoms with Crippen LogP contribution in [0.3, 0.4) is 0 Å². The van der Waals surface area contributed by atoms with Gasteiger partial charge >= 0.3 is 0 Å². The fraction of sp³-hybridized carbons (Fsp3) is 0.429. The van der Waals surface area contributed by atoms with Gasteiger partial charge in [0.25, 0.3) is 0 Å². The van der Waals surface area contributed by atoms with Crippen LogP contribution < -0.4 is 5.73 Å². The van der Waals surface area contributed by atoms with Crippen LogP contribution >= 0.6 is 0 Å². The molecule has 0 amide bonds. The lowest BCUT2D eigenvalue weighted by Gasteiger charge is -2.31. The Hall–Kier alpha value is -1.08. The highest BCUT2D eigenvalue weighted by molar-refractivity contribution is 5.25. The van der Waals surface area contributed by atoms with Crippen LogP contribution in [0.15, 0.2) is 43.0 Å². The van der Waals surface area contributed by atoms with E-state index in [0.29, 0.717) is 6.54 Å². The lowest BCUT2D eigenvalue weighted by atomic mass is 9.74. The van der Waals surface area contributed by atoms with Crippen LogP contribution in [0.25, 0.3) is 0 Å². The molecular formula is C14H21N. The molecule has 0 saturated heterocycles. The maximum Gasteiger partial charge on any atom is 0.00758 e. The fourth-order valence-electron chi connectivity index (χ4n) is 2.06. The topological polar surface area (TPSA) is 26.0 Å². The van der Waals surface area contributed by atoms with E-state index in [0.717, 1.165) is 19.3 Å². The molecule has 0 radical (unpaired) electrons. The second kappa shape index (κ2) is 5.72. The van der Waals surface area contributed by atoms with Crippen LogP contribution in [0.5, 0.6) is 0 Å². The van der Waals surface area contributed by atoms with Crippen molar-refractivity contribution < 1.29 is 0 Å². The number of allylic oxidation sites excluding steroid dienone is 1. The average Bonchev–Trinajstić information content (AvgIpc) is 2.33. The molecule has 0 aliphatic heterocycles. The Morgan fingerprint density at radius 3 is 2.47 bits per heavy atom. The normalized spacial score (nSPS) is 14.5. The van der Waals surface area contributed by atoms with Crippen LogP contribution in [0.2, 0.25) is 0 Å². The van der Waals surface area contributed by atoms with Crippen LogP contribution in [-0.2, 0) is 5.41 Å². The first-order chi connectivity index (χ1) is 7.29. The Bertz CT molecular complexity index is 285. The van der Waals surface area contributed by atoms with Crippen molar-refractivity contribution in [2.45, 2.75) is 31.6 Å². The Morgan fingerprint density at radius 1 is 1.33 bits per heavy atom. The quantitative estimate of drug-likeness (QED) is 0.706. The van der Waals surface area contributed by atoms with Gasteiger partial charge in [-0.2, -0.15) is 0 Å². The van der Waals surface area contributed by atoms with E-state index >= 15 is 0 Å². The molecule has 1 aromatic carbocycles. The summed E-state index contributed by atoms with van der Waals surface area (Å²) in [5.74, 6) is 0. The maximum absolute atomic E-state index is 5.96. The summed E-state index contributed by atoms with van der Waals surface area (Å²) in [5.41, 5.74) is 7.45. The molecule has 0 fully saturated rings. The molecule has 1 rings (SSSR count). The van der Waals surface area contributed by atoms with E-state index in [4.69, 9.17) is 5.73 Å². The van der Waals surface area contributed by atoms with Gasteiger partial charge < -0.3 is 5.73 Å². The summed E-state index contributed by atoms with van der Waals surface area (Å²) in [5, 5.41) is 0. The van der Waals surface area contributed by atoms with Gasteiger partial charge in [0.05, 0.1) is 0 Å². The molecule has 0 heterocycles. The monoisotopic (exact) mass is 203 g/mol. The molecule has 0 aromatic heterocycles. The van der Waals surface area contributed by atoms with Crippen LogP contribution in [0.4, 0.5) is 0 Å². The van der Waals surface area contributed by atoms with E-state index in [9.17, 15) is 0 Å². The summed E-state index contributed by atoms with van der Waals surface area (Å²) in [4.78, 5) is 0. The van der Waals surface area contributed by atoms with E-state index in [2.05, 4.69) is 37.8 Å². The third-order valence-corrected chi connectivity index (χ3v) is 3.28. The Labute approximate surface area is 93.0 Å². The van der Waals surface area contributed by atoms with Crippen molar-refractivity contribution in [3.63, 3.8) is 0 Å².